The summed E-state index contributed by atoms with van der Waals surface area (Å²) < 4.78 is 0. The Hall–Kier alpha value is -1.79. The van der Waals surface area contributed by atoms with Gasteiger partial charge >= 0.3 is 0 Å². The third-order valence-corrected chi connectivity index (χ3v) is 3.07. The van der Waals surface area contributed by atoms with Gasteiger partial charge in [0.2, 0.25) is 5.91 Å². The molecule has 3 heteroatoms. The molecule has 1 amide bonds. The van der Waals surface area contributed by atoms with Gasteiger partial charge in [0, 0.05) is 12.5 Å². The van der Waals surface area contributed by atoms with Crippen molar-refractivity contribution in [3.8, 4) is 11.8 Å². The van der Waals surface area contributed by atoms with Crippen LogP contribution in [0.3, 0.4) is 0 Å². The van der Waals surface area contributed by atoms with E-state index in [1.165, 1.54) is 5.56 Å². The van der Waals surface area contributed by atoms with Gasteiger partial charge in [-0.3, -0.25) is 9.69 Å². The van der Waals surface area contributed by atoms with Gasteiger partial charge in [0.1, 0.15) is 0 Å². The van der Waals surface area contributed by atoms with Crippen molar-refractivity contribution < 1.29 is 4.79 Å². The van der Waals surface area contributed by atoms with Gasteiger partial charge in [0.15, 0.2) is 0 Å². The third-order valence-electron chi connectivity index (χ3n) is 3.07. The summed E-state index contributed by atoms with van der Waals surface area (Å²) in [5.74, 6) is 6.50. The summed E-state index contributed by atoms with van der Waals surface area (Å²) in [7, 11) is 2.05. The standard InChI is InChI=1S/C16H20N2O/c1-18(13-14-7-3-2-4-8-14)12-6-5-11-17-16(19)15-9-10-15/h2-4,7-8,15H,9-13H2,1H3,(H,17,19). The number of nitrogens with one attached hydrogen (secondary N) is 1. The van der Waals surface area contributed by atoms with Crippen molar-refractivity contribution in [2.75, 3.05) is 20.1 Å². The van der Waals surface area contributed by atoms with Crippen molar-refractivity contribution in [3.63, 3.8) is 0 Å². The lowest BCUT2D eigenvalue weighted by Crippen LogP contribution is -2.25. The highest BCUT2D eigenvalue weighted by molar-refractivity contribution is 5.81. The highest BCUT2D eigenvalue weighted by Crippen LogP contribution is 2.28. The molecular formula is C16H20N2O. The van der Waals surface area contributed by atoms with E-state index in [1.807, 2.05) is 25.2 Å². The van der Waals surface area contributed by atoms with Crippen molar-refractivity contribution in [2.24, 2.45) is 5.92 Å². The zero-order chi connectivity index (χ0) is 13.5. The van der Waals surface area contributed by atoms with Crippen LogP contribution in [0.2, 0.25) is 0 Å². The Morgan fingerprint density at radius 3 is 2.74 bits per heavy atom. The number of nitrogens with zero attached hydrogens (tertiary/aromatic N) is 1. The van der Waals surface area contributed by atoms with Crippen LogP contribution in [0, 0.1) is 17.8 Å². The van der Waals surface area contributed by atoms with E-state index < -0.39 is 0 Å². The molecule has 1 fully saturated rings. The molecule has 1 aromatic rings. The predicted octanol–water partition coefficient (Wildman–Crippen LogP) is 1.65. The third kappa shape index (κ3) is 5.15. The fourth-order valence-electron chi connectivity index (χ4n) is 1.83. The van der Waals surface area contributed by atoms with Gasteiger partial charge in [-0.1, -0.05) is 42.2 Å². The average Bonchev–Trinajstić information content (AvgIpc) is 3.23. The van der Waals surface area contributed by atoms with Crippen LogP contribution in [0.15, 0.2) is 30.3 Å². The Morgan fingerprint density at radius 2 is 2.05 bits per heavy atom. The molecule has 19 heavy (non-hydrogen) atoms. The molecule has 0 aromatic heterocycles. The lowest BCUT2D eigenvalue weighted by Gasteiger charge is -2.12. The molecule has 1 aliphatic carbocycles. The van der Waals surface area contributed by atoms with Gasteiger partial charge in [-0.2, -0.15) is 0 Å². The van der Waals surface area contributed by atoms with Crippen LogP contribution in [0.1, 0.15) is 18.4 Å². The number of benzene rings is 1. The van der Waals surface area contributed by atoms with E-state index in [0.717, 1.165) is 19.4 Å². The van der Waals surface area contributed by atoms with E-state index in [4.69, 9.17) is 0 Å². The van der Waals surface area contributed by atoms with E-state index >= 15 is 0 Å². The van der Waals surface area contributed by atoms with Crippen LogP contribution in [-0.4, -0.2) is 30.9 Å². The first kappa shape index (κ1) is 13.6. The van der Waals surface area contributed by atoms with Crippen molar-refractivity contribution in [1.82, 2.24) is 10.2 Å². The lowest BCUT2D eigenvalue weighted by atomic mass is 10.2. The molecule has 1 aromatic carbocycles. The maximum absolute atomic E-state index is 11.4. The summed E-state index contributed by atoms with van der Waals surface area (Å²) in [6.45, 7) is 2.08. The number of hydrogen-bond donors (Lipinski definition) is 1. The fourth-order valence-corrected chi connectivity index (χ4v) is 1.83. The van der Waals surface area contributed by atoms with E-state index in [9.17, 15) is 4.79 Å². The molecule has 0 saturated heterocycles. The normalized spacial score (nSPS) is 13.8. The number of carbonyl (C=O) groups is 1. The second kappa shape index (κ2) is 6.96. The summed E-state index contributed by atoms with van der Waals surface area (Å²) in [6.07, 6.45) is 2.08. The molecule has 3 nitrogen and oxygen atoms in total. The average molecular weight is 256 g/mol. The molecule has 1 aliphatic rings. The molecule has 0 unspecified atom stereocenters. The molecule has 1 saturated carbocycles. The van der Waals surface area contributed by atoms with E-state index in [0.29, 0.717) is 13.1 Å². The summed E-state index contributed by atoms with van der Waals surface area (Å²) in [6, 6.07) is 10.3. The number of rotatable bonds is 5. The first-order valence-corrected chi connectivity index (χ1v) is 6.71. The van der Waals surface area contributed by atoms with Crippen molar-refractivity contribution in [2.45, 2.75) is 19.4 Å². The van der Waals surface area contributed by atoms with E-state index in [2.05, 4.69) is 34.2 Å². The second-order valence-electron chi connectivity index (χ2n) is 5.00. The summed E-state index contributed by atoms with van der Waals surface area (Å²) in [5.41, 5.74) is 1.29. The topological polar surface area (TPSA) is 32.3 Å². The van der Waals surface area contributed by atoms with Crippen LogP contribution in [0.25, 0.3) is 0 Å². The number of amides is 1. The first-order valence-electron chi connectivity index (χ1n) is 6.71. The summed E-state index contributed by atoms with van der Waals surface area (Å²) in [5, 5.41) is 2.84. The van der Waals surface area contributed by atoms with Crippen LogP contribution in [0.5, 0.6) is 0 Å². The van der Waals surface area contributed by atoms with Crippen LogP contribution in [-0.2, 0) is 11.3 Å². The smallest absolute Gasteiger partial charge is 0.223 e. The van der Waals surface area contributed by atoms with Crippen molar-refractivity contribution in [1.29, 1.82) is 0 Å². The monoisotopic (exact) mass is 256 g/mol. The molecule has 0 spiro atoms. The minimum Gasteiger partial charge on any atom is -0.345 e. The Kier molecular flexibility index (Phi) is 5.00. The zero-order valence-corrected chi connectivity index (χ0v) is 11.4. The van der Waals surface area contributed by atoms with Gasteiger partial charge < -0.3 is 5.32 Å². The molecule has 0 aliphatic heterocycles. The predicted molar refractivity (Wildman–Crippen MR) is 76.3 cm³/mol. The van der Waals surface area contributed by atoms with E-state index in [1.54, 1.807) is 0 Å². The molecule has 0 heterocycles. The lowest BCUT2D eigenvalue weighted by molar-refractivity contribution is -0.122. The summed E-state index contributed by atoms with van der Waals surface area (Å²) in [4.78, 5) is 13.5. The highest BCUT2D eigenvalue weighted by atomic mass is 16.2. The van der Waals surface area contributed by atoms with Crippen LogP contribution in [0.4, 0.5) is 0 Å². The molecule has 0 atom stereocenters. The quantitative estimate of drug-likeness (QED) is 0.812. The minimum absolute atomic E-state index is 0.159. The van der Waals surface area contributed by atoms with Gasteiger partial charge in [-0.05, 0) is 25.5 Å². The summed E-state index contributed by atoms with van der Waals surface area (Å²) >= 11 is 0. The van der Waals surface area contributed by atoms with Gasteiger partial charge in [0.25, 0.3) is 0 Å². The van der Waals surface area contributed by atoms with Gasteiger partial charge in [-0.15, -0.1) is 0 Å². The van der Waals surface area contributed by atoms with Crippen molar-refractivity contribution in [3.05, 3.63) is 35.9 Å². The Labute approximate surface area is 115 Å². The molecule has 0 bridgehead atoms. The second-order valence-corrected chi connectivity index (χ2v) is 5.00. The largest absolute Gasteiger partial charge is 0.345 e. The molecular weight excluding hydrogens is 236 g/mol. The SMILES string of the molecule is CN(CC#CCNC(=O)C1CC1)Cc1ccccc1. The Morgan fingerprint density at radius 1 is 1.32 bits per heavy atom. The van der Waals surface area contributed by atoms with Crippen LogP contribution >= 0.6 is 0 Å². The molecule has 0 radical (unpaired) electrons. The first-order chi connectivity index (χ1) is 9.25. The van der Waals surface area contributed by atoms with E-state index in [-0.39, 0.29) is 11.8 Å². The zero-order valence-electron chi connectivity index (χ0n) is 11.4. The number of carbonyl (C=O) groups excluding carboxylic acids is 1. The Bertz CT molecular complexity index is 469. The maximum atomic E-state index is 11.4. The maximum Gasteiger partial charge on any atom is 0.223 e. The minimum atomic E-state index is 0.159. The Balaban J connectivity index is 1.63. The number of hydrogen-bond acceptors (Lipinski definition) is 2. The fraction of sp³-hybridized carbons (Fsp3) is 0.438. The van der Waals surface area contributed by atoms with Gasteiger partial charge in [-0.25, -0.2) is 0 Å². The van der Waals surface area contributed by atoms with Crippen molar-refractivity contribution >= 4 is 5.91 Å². The molecule has 2 rings (SSSR count). The van der Waals surface area contributed by atoms with Gasteiger partial charge in [0.05, 0.1) is 13.1 Å². The van der Waals surface area contributed by atoms with Crippen LogP contribution < -0.4 is 5.32 Å². The molecule has 100 valence electrons. The highest BCUT2D eigenvalue weighted by Gasteiger charge is 2.28. The molecule has 1 N–H and O–H groups in total.